The lowest BCUT2D eigenvalue weighted by Gasteiger charge is -2.32. The van der Waals surface area contributed by atoms with Crippen molar-refractivity contribution in [1.29, 1.82) is 0 Å². The largest absolute Gasteiger partial charge is 0.399 e. The van der Waals surface area contributed by atoms with E-state index >= 15 is 0 Å². The molecule has 0 radical (unpaired) electrons. The Bertz CT molecular complexity index is 1220. The van der Waals surface area contributed by atoms with Crippen molar-refractivity contribution < 1.29 is 0 Å². The average molecular weight is 460 g/mol. The molecule has 1 fully saturated rings. The van der Waals surface area contributed by atoms with Crippen LogP contribution in [0.4, 0.5) is 23.4 Å². The number of H-pyrrole nitrogens is 1. The topological polar surface area (TPSA) is 112 Å². The first-order valence-electron chi connectivity index (χ1n) is 10.7. The van der Waals surface area contributed by atoms with Gasteiger partial charge >= 0.3 is 0 Å². The van der Waals surface area contributed by atoms with Crippen LogP contribution >= 0.6 is 11.8 Å². The SMILES string of the molecule is CN1CCN(c2nc(Nc3cc(-c4ccccc4)[nH]n3)nc(Sc3cccc(N)c3)n2)CC1. The smallest absolute Gasteiger partial charge is 0.234 e. The summed E-state index contributed by atoms with van der Waals surface area (Å²) in [6.07, 6.45) is 0. The highest BCUT2D eigenvalue weighted by Gasteiger charge is 2.19. The van der Waals surface area contributed by atoms with Gasteiger partial charge in [-0.3, -0.25) is 5.10 Å². The molecule has 3 heterocycles. The van der Waals surface area contributed by atoms with Crippen LogP contribution in [0.1, 0.15) is 0 Å². The number of nitrogen functional groups attached to an aromatic ring is 1. The molecule has 2 aromatic carbocycles. The Hall–Kier alpha value is -3.63. The molecule has 0 aliphatic carbocycles. The molecule has 1 aliphatic heterocycles. The van der Waals surface area contributed by atoms with E-state index in [9.17, 15) is 0 Å². The number of likely N-dealkylation sites (N-methyl/N-ethyl adjacent to an activating group) is 1. The molecule has 1 aliphatic rings. The number of piperazine rings is 1. The molecule has 0 unspecified atom stereocenters. The highest BCUT2D eigenvalue weighted by molar-refractivity contribution is 7.99. The zero-order valence-corrected chi connectivity index (χ0v) is 19.1. The minimum Gasteiger partial charge on any atom is -0.399 e. The summed E-state index contributed by atoms with van der Waals surface area (Å²) in [6.45, 7) is 3.66. The molecule has 0 amide bonds. The number of nitrogens with zero attached hydrogens (tertiary/aromatic N) is 6. The first-order valence-corrected chi connectivity index (χ1v) is 11.5. The maximum Gasteiger partial charge on any atom is 0.234 e. The molecule has 168 valence electrons. The van der Waals surface area contributed by atoms with Crippen molar-refractivity contribution in [3.8, 4) is 11.3 Å². The van der Waals surface area contributed by atoms with Gasteiger partial charge in [0.05, 0.1) is 5.69 Å². The van der Waals surface area contributed by atoms with E-state index in [1.807, 2.05) is 60.7 Å². The highest BCUT2D eigenvalue weighted by Crippen LogP contribution is 2.29. The van der Waals surface area contributed by atoms with Crippen molar-refractivity contribution in [2.45, 2.75) is 10.1 Å². The van der Waals surface area contributed by atoms with Crippen molar-refractivity contribution in [2.75, 3.05) is 49.2 Å². The van der Waals surface area contributed by atoms with Crippen LogP contribution in [0.3, 0.4) is 0 Å². The molecule has 0 spiro atoms. The monoisotopic (exact) mass is 459 g/mol. The molecule has 4 N–H and O–H groups in total. The second-order valence-electron chi connectivity index (χ2n) is 7.86. The lowest BCUT2D eigenvalue weighted by molar-refractivity contribution is 0.311. The number of aromatic amines is 1. The Morgan fingerprint density at radius 3 is 2.55 bits per heavy atom. The number of hydrogen-bond acceptors (Lipinski definition) is 9. The molecule has 9 nitrogen and oxygen atoms in total. The normalized spacial score (nSPS) is 14.4. The first-order chi connectivity index (χ1) is 16.1. The highest BCUT2D eigenvalue weighted by atomic mass is 32.2. The number of anilines is 4. The van der Waals surface area contributed by atoms with Crippen LogP contribution in [-0.4, -0.2) is 63.3 Å². The summed E-state index contributed by atoms with van der Waals surface area (Å²) in [5, 5.41) is 11.3. The van der Waals surface area contributed by atoms with Gasteiger partial charge in [0.15, 0.2) is 11.0 Å². The Labute approximate surface area is 196 Å². The van der Waals surface area contributed by atoms with Gasteiger partial charge in [0.25, 0.3) is 0 Å². The van der Waals surface area contributed by atoms with Gasteiger partial charge in [-0.1, -0.05) is 36.4 Å². The van der Waals surface area contributed by atoms with E-state index in [1.54, 1.807) is 0 Å². The van der Waals surface area contributed by atoms with Crippen LogP contribution in [0.5, 0.6) is 0 Å². The second kappa shape index (κ2) is 9.47. The van der Waals surface area contributed by atoms with Gasteiger partial charge in [-0.15, -0.1) is 0 Å². The molecule has 0 atom stereocenters. The average Bonchev–Trinajstić information content (AvgIpc) is 3.28. The summed E-state index contributed by atoms with van der Waals surface area (Å²) < 4.78 is 0. The summed E-state index contributed by atoms with van der Waals surface area (Å²) in [6, 6.07) is 19.7. The molecule has 4 aromatic rings. The summed E-state index contributed by atoms with van der Waals surface area (Å²) in [5.74, 6) is 1.76. The number of hydrogen-bond donors (Lipinski definition) is 3. The zero-order chi connectivity index (χ0) is 22.6. The second-order valence-corrected chi connectivity index (χ2v) is 8.91. The van der Waals surface area contributed by atoms with Gasteiger partial charge in [0, 0.05) is 42.8 Å². The summed E-state index contributed by atoms with van der Waals surface area (Å²) in [7, 11) is 2.13. The fraction of sp³-hybridized carbons (Fsp3) is 0.217. The van der Waals surface area contributed by atoms with E-state index in [0.29, 0.717) is 28.6 Å². The predicted octanol–water partition coefficient (Wildman–Crippen LogP) is 3.49. The van der Waals surface area contributed by atoms with Crippen molar-refractivity contribution in [1.82, 2.24) is 30.0 Å². The van der Waals surface area contributed by atoms with Crippen molar-refractivity contribution in [3.63, 3.8) is 0 Å². The maximum atomic E-state index is 5.95. The van der Waals surface area contributed by atoms with Crippen molar-refractivity contribution >= 4 is 35.2 Å². The number of nitrogens with one attached hydrogen (secondary N) is 2. The Balaban J connectivity index is 1.43. The van der Waals surface area contributed by atoms with Gasteiger partial charge in [-0.2, -0.15) is 20.1 Å². The van der Waals surface area contributed by atoms with E-state index in [4.69, 9.17) is 15.7 Å². The molecule has 2 aromatic heterocycles. The molecule has 0 saturated carbocycles. The quantitative estimate of drug-likeness (QED) is 0.373. The fourth-order valence-electron chi connectivity index (χ4n) is 3.54. The summed E-state index contributed by atoms with van der Waals surface area (Å²) in [5.41, 5.74) is 8.63. The van der Waals surface area contributed by atoms with Crippen LogP contribution in [0.2, 0.25) is 0 Å². The third kappa shape index (κ3) is 5.24. The van der Waals surface area contributed by atoms with Gasteiger partial charge in [0.2, 0.25) is 11.9 Å². The molecule has 33 heavy (non-hydrogen) atoms. The third-order valence-electron chi connectivity index (χ3n) is 5.36. The van der Waals surface area contributed by atoms with E-state index in [2.05, 4.69) is 37.3 Å². The van der Waals surface area contributed by atoms with Crippen molar-refractivity contribution in [2.24, 2.45) is 0 Å². The van der Waals surface area contributed by atoms with E-state index in [-0.39, 0.29) is 0 Å². The first kappa shape index (κ1) is 21.2. The molecule has 1 saturated heterocycles. The number of aromatic nitrogens is 5. The van der Waals surface area contributed by atoms with Crippen LogP contribution < -0.4 is 16.0 Å². The lowest BCUT2D eigenvalue weighted by atomic mass is 10.2. The van der Waals surface area contributed by atoms with Crippen molar-refractivity contribution in [3.05, 3.63) is 60.7 Å². The summed E-state index contributed by atoms with van der Waals surface area (Å²) >= 11 is 1.46. The number of benzene rings is 2. The van der Waals surface area contributed by atoms with Crippen LogP contribution in [0.15, 0.2) is 70.7 Å². The number of rotatable bonds is 6. The molecule has 10 heteroatoms. The van der Waals surface area contributed by atoms with Gasteiger partial charge in [-0.05, 0) is 42.6 Å². The molecular weight excluding hydrogens is 434 g/mol. The van der Waals surface area contributed by atoms with Gasteiger partial charge in [-0.25, -0.2) is 0 Å². The minimum absolute atomic E-state index is 0.455. The Morgan fingerprint density at radius 1 is 0.939 bits per heavy atom. The zero-order valence-electron chi connectivity index (χ0n) is 18.3. The van der Waals surface area contributed by atoms with E-state index < -0.39 is 0 Å². The Kier molecular flexibility index (Phi) is 6.09. The Morgan fingerprint density at radius 2 is 1.76 bits per heavy atom. The predicted molar refractivity (Wildman–Crippen MR) is 132 cm³/mol. The fourth-order valence-corrected chi connectivity index (χ4v) is 4.36. The molecular formula is C23H25N9S. The standard InChI is InChI=1S/C23H25N9S/c1-31-10-12-32(13-11-31)22-26-21(27-23(28-22)33-18-9-5-8-17(24)14-18)25-20-15-19(29-30-20)16-6-3-2-4-7-16/h2-9,14-15H,10-13,24H2,1H3,(H2,25,26,27,28,29,30). The van der Waals surface area contributed by atoms with Gasteiger partial charge < -0.3 is 20.9 Å². The van der Waals surface area contributed by atoms with E-state index in [0.717, 1.165) is 42.3 Å². The third-order valence-corrected chi connectivity index (χ3v) is 6.21. The summed E-state index contributed by atoms with van der Waals surface area (Å²) in [4.78, 5) is 19.5. The van der Waals surface area contributed by atoms with Crippen LogP contribution in [0.25, 0.3) is 11.3 Å². The molecule has 0 bridgehead atoms. The minimum atomic E-state index is 0.455. The van der Waals surface area contributed by atoms with Crippen LogP contribution in [-0.2, 0) is 0 Å². The molecule has 5 rings (SSSR count). The number of nitrogens with two attached hydrogens (primary N) is 1. The lowest BCUT2D eigenvalue weighted by Crippen LogP contribution is -2.45. The van der Waals surface area contributed by atoms with Crippen LogP contribution in [0, 0.1) is 0 Å². The van der Waals surface area contributed by atoms with Gasteiger partial charge in [0.1, 0.15) is 0 Å². The van der Waals surface area contributed by atoms with E-state index in [1.165, 1.54) is 11.8 Å². The maximum absolute atomic E-state index is 5.95.